The molecule has 0 aliphatic heterocycles. The van der Waals surface area contributed by atoms with E-state index in [-0.39, 0.29) is 0 Å². The van der Waals surface area contributed by atoms with Gasteiger partial charge in [0.15, 0.2) is 0 Å². The summed E-state index contributed by atoms with van der Waals surface area (Å²) >= 11 is 0. The minimum absolute atomic E-state index is 0.719. The minimum atomic E-state index is 0.719. The Balaban J connectivity index is 1.56. The fraction of sp³-hybridized carbons (Fsp3) is 0.909. The lowest BCUT2D eigenvalue weighted by Gasteiger charge is -2.38. The third kappa shape index (κ3) is 6.99. The molecular weight excluding hydrogens is 280 g/mol. The molecule has 0 unspecified atom stereocenters. The van der Waals surface area contributed by atoms with E-state index in [0.717, 1.165) is 36.9 Å². The molecule has 2 rings (SSSR count). The zero-order chi connectivity index (χ0) is 16.3. The zero-order valence-electron chi connectivity index (χ0n) is 15.6. The first kappa shape index (κ1) is 19.0. The van der Waals surface area contributed by atoms with Gasteiger partial charge < -0.3 is 4.74 Å². The van der Waals surface area contributed by atoms with Gasteiger partial charge in [0, 0.05) is 6.61 Å². The third-order valence-electron chi connectivity index (χ3n) is 6.57. The van der Waals surface area contributed by atoms with Gasteiger partial charge in [0.25, 0.3) is 0 Å². The smallest absolute Gasteiger partial charge is 0.0644 e. The van der Waals surface area contributed by atoms with Crippen LogP contribution in [0.4, 0.5) is 0 Å². The second kappa shape index (κ2) is 11.3. The maximum atomic E-state index is 5.56. The number of unbranched alkanes of at least 4 members (excludes halogenated alkanes) is 2. The molecule has 2 saturated carbocycles. The van der Waals surface area contributed by atoms with Crippen LogP contribution in [0.3, 0.4) is 0 Å². The topological polar surface area (TPSA) is 9.23 Å². The van der Waals surface area contributed by atoms with E-state index in [1.54, 1.807) is 0 Å². The maximum absolute atomic E-state index is 5.56. The number of rotatable bonds is 10. The van der Waals surface area contributed by atoms with Crippen LogP contribution in [0, 0.1) is 23.7 Å². The first-order valence-corrected chi connectivity index (χ1v) is 10.5. The maximum Gasteiger partial charge on any atom is 0.0644 e. The summed E-state index contributed by atoms with van der Waals surface area (Å²) in [5, 5.41) is 0. The van der Waals surface area contributed by atoms with Crippen molar-refractivity contribution in [3.8, 4) is 0 Å². The number of hydrogen-bond donors (Lipinski definition) is 0. The normalized spacial score (nSPS) is 31.9. The Bertz CT molecular complexity index is 295. The molecule has 0 heterocycles. The highest BCUT2D eigenvalue weighted by molar-refractivity contribution is 4.82. The molecule has 23 heavy (non-hydrogen) atoms. The van der Waals surface area contributed by atoms with Crippen LogP contribution in [0.25, 0.3) is 0 Å². The van der Waals surface area contributed by atoms with Gasteiger partial charge in [0.05, 0.1) is 6.61 Å². The van der Waals surface area contributed by atoms with E-state index in [2.05, 4.69) is 13.5 Å². The summed E-state index contributed by atoms with van der Waals surface area (Å²) in [7, 11) is 0. The van der Waals surface area contributed by atoms with Crippen molar-refractivity contribution in [1.29, 1.82) is 0 Å². The standard InChI is InChI=1S/C22H40O/c1-3-5-6-7-19-8-12-21(13-9-19)22-14-10-20(11-15-22)16-18-23-17-4-2/h4,19-22H,2-3,5-18H2,1H3. The second-order valence-electron chi connectivity index (χ2n) is 8.21. The van der Waals surface area contributed by atoms with Gasteiger partial charge in [-0.05, 0) is 55.8 Å². The highest BCUT2D eigenvalue weighted by Crippen LogP contribution is 2.42. The van der Waals surface area contributed by atoms with Crippen molar-refractivity contribution in [2.75, 3.05) is 13.2 Å². The monoisotopic (exact) mass is 320 g/mol. The average molecular weight is 321 g/mol. The summed E-state index contributed by atoms with van der Waals surface area (Å²) in [4.78, 5) is 0. The summed E-state index contributed by atoms with van der Waals surface area (Å²) in [5.74, 6) is 4.12. The van der Waals surface area contributed by atoms with Crippen LogP contribution < -0.4 is 0 Å². The van der Waals surface area contributed by atoms with Crippen molar-refractivity contribution < 1.29 is 4.74 Å². The molecule has 0 bridgehead atoms. The Labute approximate surface area is 145 Å². The predicted molar refractivity (Wildman–Crippen MR) is 101 cm³/mol. The van der Waals surface area contributed by atoms with Gasteiger partial charge in [0.1, 0.15) is 0 Å². The number of ether oxygens (including phenoxy) is 1. The highest BCUT2D eigenvalue weighted by atomic mass is 16.5. The van der Waals surface area contributed by atoms with E-state index in [4.69, 9.17) is 4.74 Å². The molecule has 0 aromatic carbocycles. The first-order chi connectivity index (χ1) is 11.3. The van der Waals surface area contributed by atoms with Crippen LogP contribution in [0.2, 0.25) is 0 Å². The van der Waals surface area contributed by atoms with Crippen LogP contribution >= 0.6 is 0 Å². The van der Waals surface area contributed by atoms with E-state index in [1.165, 1.54) is 83.5 Å². The van der Waals surface area contributed by atoms with E-state index in [1.807, 2.05) is 6.08 Å². The summed E-state index contributed by atoms with van der Waals surface area (Å²) in [6, 6.07) is 0. The van der Waals surface area contributed by atoms with Gasteiger partial charge in [-0.3, -0.25) is 0 Å². The van der Waals surface area contributed by atoms with Crippen molar-refractivity contribution in [3.05, 3.63) is 12.7 Å². The fourth-order valence-corrected chi connectivity index (χ4v) is 5.00. The quantitative estimate of drug-likeness (QED) is 0.319. The highest BCUT2D eigenvalue weighted by Gasteiger charge is 2.30. The van der Waals surface area contributed by atoms with E-state index < -0.39 is 0 Å². The zero-order valence-corrected chi connectivity index (χ0v) is 15.6. The molecule has 0 radical (unpaired) electrons. The predicted octanol–water partition coefficient (Wildman–Crippen LogP) is 6.77. The molecule has 0 aromatic heterocycles. The minimum Gasteiger partial charge on any atom is -0.377 e. The molecule has 2 aliphatic rings. The molecule has 0 aromatic rings. The number of hydrogen-bond acceptors (Lipinski definition) is 1. The van der Waals surface area contributed by atoms with Gasteiger partial charge in [-0.1, -0.05) is 64.4 Å². The first-order valence-electron chi connectivity index (χ1n) is 10.5. The summed E-state index contributed by atoms with van der Waals surface area (Å²) in [6.07, 6.45) is 21.0. The van der Waals surface area contributed by atoms with E-state index in [9.17, 15) is 0 Å². The SMILES string of the molecule is C=CCOCCC1CCC(C2CCC(CCCCC)CC2)CC1. The van der Waals surface area contributed by atoms with Gasteiger partial charge in [0.2, 0.25) is 0 Å². The van der Waals surface area contributed by atoms with Crippen LogP contribution in [-0.4, -0.2) is 13.2 Å². The van der Waals surface area contributed by atoms with Crippen molar-refractivity contribution in [2.24, 2.45) is 23.7 Å². The molecule has 134 valence electrons. The molecule has 2 aliphatic carbocycles. The van der Waals surface area contributed by atoms with Crippen LogP contribution in [-0.2, 0) is 4.74 Å². The molecule has 1 nitrogen and oxygen atoms in total. The summed E-state index contributed by atoms with van der Waals surface area (Å²) < 4.78 is 5.56. The van der Waals surface area contributed by atoms with Gasteiger partial charge in [-0.2, -0.15) is 0 Å². The van der Waals surface area contributed by atoms with Crippen molar-refractivity contribution in [2.45, 2.75) is 90.4 Å². The molecule has 0 spiro atoms. The van der Waals surface area contributed by atoms with E-state index in [0.29, 0.717) is 0 Å². The lowest BCUT2D eigenvalue weighted by atomic mass is 9.68. The van der Waals surface area contributed by atoms with Gasteiger partial charge >= 0.3 is 0 Å². The Morgan fingerprint density at radius 3 is 1.91 bits per heavy atom. The molecule has 0 saturated heterocycles. The molecule has 2 fully saturated rings. The molecular formula is C22H40O. The van der Waals surface area contributed by atoms with Crippen LogP contribution in [0.15, 0.2) is 12.7 Å². The summed E-state index contributed by atoms with van der Waals surface area (Å²) in [6.45, 7) is 7.68. The van der Waals surface area contributed by atoms with Gasteiger partial charge in [-0.15, -0.1) is 6.58 Å². The summed E-state index contributed by atoms with van der Waals surface area (Å²) in [5.41, 5.74) is 0. The average Bonchev–Trinajstić information content (AvgIpc) is 2.60. The van der Waals surface area contributed by atoms with Crippen LogP contribution in [0.1, 0.15) is 90.4 Å². The van der Waals surface area contributed by atoms with Crippen molar-refractivity contribution in [3.63, 3.8) is 0 Å². The Morgan fingerprint density at radius 1 is 0.826 bits per heavy atom. The Morgan fingerprint density at radius 2 is 1.39 bits per heavy atom. The van der Waals surface area contributed by atoms with Gasteiger partial charge in [-0.25, -0.2) is 0 Å². The van der Waals surface area contributed by atoms with Crippen molar-refractivity contribution >= 4 is 0 Å². The third-order valence-corrected chi connectivity index (χ3v) is 6.57. The molecule has 0 N–H and O–H groups in total. The fourth-order valence-electron chi connectivity index (χ4n) is 5.00. The lowest BCUT2D eigenvalue weighted by molar-refractivity contribution is 0.110. The lowest BCUT2D eigenvalue weighted by Crippen LogP contribution is -2.26. The molecule has 1 heteroatoms. The van der Waals surface area contributed by atoms with Crippen LogP contribution in [0.5, 0.6) is 0 Å². The largest absolute Gasteiger partial charge is 0.377 e. The second-order valence-corrected chi connectivity index (χ2v) is 8.21. The Kier molecular flexibility index (Phi) is 9.34. The van der Waals surface area contributed by atoms with Crippen molar-refractivity contribution in [1.82, 2.24) is 0 Å². The van der Waals surface area contributed by atoms with E-state index >= 15 is 0 Å². The molecule has 0 atom stereocenters. The molecule has 0 amide bonds. The Hall–Kier alpha value is -0.300.